The number of anilines is 1. The van der Waals surface area contributed by atoms with Crippen molar-refractivity contribution in [2.75, 3.05) is 11.9 Å². The Kier molecular flexibility index (Phi) is 5.41. The second-order valence-electron chi connectivity index (χ2n) is 6.34. The van der Waals surface area contributed by atoms with Gasteiger partial charge in [-0.1, -0.05) is 6.07 Å². The average molecular weight is 389 g/mol. The number of rotatable bonds is 6. The molecule has 9 heteroatoms. The molecule has 0 radical (unpaired) electrons. The molecule has 1 aromatic heterocycles. The van der Waals surface area contributed by atoms with Crippen molar-refractivity contribution in [3.05, 3.63) is 49.9 Å². The minimum Gasteiger partial charge on any atom is -0.477 e. The smallest absolute Gasteiger partial charge is 0.311 e. The van der Waals surface area contributed by atoms with E-state index in [1.165, 1.54) is 23.5 Å². The minimum absolute atomic E-state index is 0.0151. The summed E-state index contributed by atoms with van der Waals surface area (Å²) in [7, 11) is 0. The van der Waals surface area contributed by atoms with Crippen molar-refractivity contribution in [2.24, 2.45) is 5.73 Å². The highest BCUT2D eigenvalue weighted by atomic mass is 32.1. The van der Waals surface area contributed by atoms with Crippen LogP contribution in [0, 0.1) is 17.0 Å². The monoisotopic (exact) mass is 389 g/mol. The summed E-state index contributed by atoms with van der Waals surface area (Å²) in [5.41, 5.74) is 7.30. The molecule has 0 bridgehead atoms. The van der Waals surface area contributed by atoms with Gasteiger partial charge in [0, 0.05) is 10.9 Å². The lowest BCUT2D eigenvalue weighted by Gasteiger charge is -2.11. The Labute approximate surface area is 159 Å². The first-order valence-electron chi connectivity index (χ1n) is 8.49. The van der Waals surface area contributed by atoms with E-state index >= 15 is 0 Å². The van der Waals surface area contributed by atoms with E-state index in [-0.39, 0.29) is 11.4 Å². The first-order valence-corrected chi connectivity index (χ1v) is 9.30. The Balaban J connectivity index is 1.73. The number of hydrogen-bond donors (Lipinski definition) is 2. The van der Waals surface area contributed by atoms with Crippen LogP contribution in [0.2, 0.25) is 0 Å². The first kappa shape index (κ1) is 18.8. The zero-order valence-corrected chi connectivity index (χ0v) is 15.6. The van der Waals surface area contributed by atoms with Crippen molar-refractivity contribution in [1.29, 1.82) is 0 Å². The predicted octanol–water partition coefficient (Wildman–Crippen LogP) is 2.96. The van der Waals surface area contributed by atoms with E-state index in [1.807, 2.05) is 0 Å². The molecule has 0 saturated carbocycles. The van der Waals surface area contributed by atoms with E-state index < -0.39 is 23.3 Å². The van der Waals surface area contributed by atoms with Crippen molar-refractivity contribution in [3.8, 4) is 5.75 Å². The van der Waals surface area contributed by atoms with Gasteiger partial charge < -0.3 is 15.8 Å². The molecule has 8 nitrogen and oxygen atoms in total. The molecule has 27 heavy (non-hydrogen) atoms. The van der Waals surface area contributed by atoms with Crippen LogP contribution in [0.5, 0.6) is 5.75 Å². The van der Waals surface area contributed by atoms with Crippen molar-refractivity contribution in [1.82, 2.24) is 0 Å². The predicted molar refractivity (Wildman–Crippen MR) is 101 cm³/mol. The molecule has 0 fully saturated rings. The molecule has 0 unspecified atom stereocenters. The summed E-state index contributed by atoms with van der Waals surface area (Å²) >= 11 is 1.35. The van der Waals surface area contributed by atoms with Crippen LogP contribution >= 0.6 is 11.3 Å². The number of fused-ring (bicyclic) bond motifs is 1. The van der Waals surface area contributed by atoms with Crippen LogP contribution in [0.15, 0.2) is 18.2 Å². The second-order valence-corrected chi connectivity index (χ2v) is 7.45. The number of primary amides is 1. The summed E-state index contributed by atoms with van der Waals surface area (Å²) in [6, 6.07) is 4.50. The molecule has 0 saturated heterocycles. The summed E-state index contributed by atoms with van der Waals surface area (Å²) < 4.78 is 5.32. The number of carbonyl (C=O) groups excluding carboxylic acids is 2. The number of thiophene rings is 1. The number of nitro benzene ring substituents is 1. The van der Waals surface area contributed by atoms with Gasteiger partial charge in [-0.15, -0.1) is 11.3 Å². The maximum Gasteiger partial charge on any atom is 0.311 e. The van der Waals surface area contributed by atoms with Crippen LogP contribution in [0.25, 0.3) is 0 Å². The fourth-order valence-electron chi connectivity index (χ4n) is 3.11. The normalized spacial score (nSPS) is 12.9. The minimum atomic E-state index is -0.570. The van der Waals surface area contributed by atoms with Crippen molar-refractivity contribution in [2.45, 2.75) is 32.6 Å². The molecule has 2 aromatic rings. The Morgan fingerprint density at radius 3 is 2.78 bits per heavy atom. The van der Waals surface area contributed by atoms with Crippen LogP contribution in [0.4, 0.5) is 10.7 Å². The molecule has 2 amide bonds. The van der Waals surface area contributed by atoms with Gasteiger partial charge in [0.1, 0.15) is 5.00 Å². The maximum absolute atomic E-state index is 12.3. The van der Waals surface area contributed by atoms with Crippen molar-refractivity contribution in [3.63, 3.8) is 0 Å². The van der Waals surface area contributed by atoms with Gasteiger partial charge >= 0.3 is 5.69 Å². The van der Waals surface area contributed by atoms with Gasteiger partial charge in [-0.3, -0.25) is 19.7 Å². The quantitative estimate of drug-likeness (QED) is 0.580. The van der Waals surface area contributed by atoms with E-state index in [2.05, 4.69) is 5.32 Å². The molecule has 1 heterocycles. The van der Waals surface area contributed by atoms with Gasteiger partial charge in [0.15, 0.2) is 12.4 Å². The number of amides is 2. The van der Waals surface area contributed by atoms with Gasteiger partial charge in [0.2, 0.25) is 0 Å². The van der Waals surface area contributed by atoms with Crippen LogP contribution in [-0.4, -0.2) is 23.3 Å². The zero-order chi connectivity index (χ0) is 19.6. The number of nitrogens with two attached hydrogens (primary N) is 1. The zero-order valence-electron chi connectivity index (χ0n) is 14.7. The standard InChI is InChI=1S/C18H19N3O5S/c1-10-6-7-13(12(8-10)21(24)25)26-9-15(22)20-18-16(17(19)23)11-4-2-3-5-14(11)27-18/h6-8H,2-5,9H2,1H3,(H2,19,23)(H,20,22). The molecule has 0 spiro atoms. The molecule has 1 aliphatic rings. The molecule has 3 N–H and O–H groups in total. The average Bonchev–Trinajstić information content (AvgIpc) is 2.98. The number of nitrogens with zero attached hydrogens (tertiary/aromatic N) is 1. The number of ether oxygens (including phenoxy) is 1. The van der Waals surface area contributed by atoms with E-state index in [9.17, 15) is 19.7 Å². The number of benzene rings is 1. The van der Waals surface area contributed by atoms with Gasteiger partial charge in [-0.05, 0) is 49.8 Å². The highest BCUT2D eigenvalue weighted by Crippen LogP contribution is 2.38. The number of nitro groups is 1. The topological polar surface area (TPSA) is 125 Å². The summed E-state index contributed by atoms with van der Waals surface area (Å²) in [4.78, 5) is 35.7. The van der Waals surface area contributed by atoms with Gasteiger partial charge in [-0.2, -0.15) is 0 Å². The number of aryl methyl sites for hydroxylation is 2. The summed E-state index contributed by atoms with van der Waals surface area (Å²) in [5, 5.41) is 14.2. The van der Waals surface area contributed by atoms with Crippen molar-refractivity contribution >= 4 is 33.8 Å². The van der Waals surface area contributed by atoms with E-state index in [1.54, 1.807) is 13.0 Å². The fraction of sp³-hybridized carbons (Fsp3) is 0.333. The fourth-order valence-corrected chi connectivity index (χ4v) is 4.42. The van der Waals surface area contributed by atoms with Gasteiger partial charge in [0.25, 0.3) is 11.8 Å². The molecular formula is C18H19N3O5S. The molecular weight excluding hydrogens is 370 g/mol. The highest BCUT2D eigenvalue weighted by Gasteiger charge is 2.25. The maximum atomic E-state index is 12.3. The second kappa shape index (κ2) is 7.75. The Morgan fingerprint density at radius 2 is 2.07 bits per heavy atom. The van der Waals surface area contributed by atoms with Gasteiger partial charge in [-0.25, -0.2) is 0 Å². The number of carbonyl (C=O) groups is 2. The van der Waals surface area contributed by atoms with Gasteiger partial charge in [0.05, 0.1) is 10.5 Å². The molecule has 142 valence electrons. The summed E-state index contributed by atoms with van der Waals surface area (Å²) in [6.07, 6.45) is 3.66. The largest absolute Gasteiger partial charge is 0.477 e. The number of hydrogen-bond acceptors (Lipinski definition) is 6. The summed E-state index contributed by atoms with van der Waals surface area (Å²) in [5.74, 6) is -1.06. The third kappa shape index (κ3) is 4.08. The number of nitrogens with one attached hydrogen (secondary N) is 1. The van der Waals surface area contributed by atoms with E-state index in [0.29, 0.717) is 16.1 Å². The third-order valence-corrected chi connectivity index (χ3v) is 5.55. The lowest BCUT2D eigenvalue weighted by Crippen LogP contribution is -2.22. The van der Waals surface area contributed by atoms with E-state index in [4.69, 9.17) is 10.5 Å². The molecule has 1 aliphatic carbocycles. The van der Waals surface area contributed by atoms with E-state index in [0.717, 1.165) is 36.1 Å². The lowest BCUT2D eigenvalue weighted by atomic mass is 9.95. The van der Waals surface area contributed by atoms with Crippen molar-refractivity contribution < 1.29 is 19.2 Å². The van der Waals surface area contributed by atoms with Crippen LogP contribution in [0.1, 0.15) is 39.2 Å². The Bertz CT molecular complexity index is 922. The highest BCUT2D eigenvalue weighted by molar-refractivity contribution is 7.17. The lowest BCUT2D eigenvalue weighted by molar-refractivity contribution is -0.385. The SMILES string of the molecule is Cc1ccc(OCC(=O)Nc2sc3c(c2C(N)=O)CCCC3)c([N+](=O)[O-])c1. The molecule has 3 rings (SSSR count). The molecule has 0 aliphatic heterocycles. The molecule has 1 aromatic carbocycles. The van der Waals surface area contributed by atoms with Crippen LogP contribution in [0.3, 0.4) is 0 Å². The molecule has 0 atom stereocenters. The Hall–Kier alpha value is -2.94. The third-order valence-electron chi connectivity index (χ3n) is 4.34. The first-order chi connectivity index (χ1) is 12.9. The van der Waals surface area contributed by atoms with Crippen LogP contribution in [-0.2, 0) is 17.6 Å². The Morgan fingerprint density at radius 1 is 1.33 bits per heavy atom. The van der Waals surface area contributed by atoms with Crippen LogP contribution < -0.4 is 15.8 Å². The summed E-state index contributed by atoms with van der Waals surface area (Å²) in [6.45, 7) is 1.32.